The van der Waals surface area contributed by atoms with Crippen molar-refractivity contribution in [1.29, 1.82) is 5.26 Å². The molecule has 30 heavy (non-hydrogen) atoms. The zero-order valence-corrected chi connectivity index (χ0v) is 17.7. The lowest BCUT2D eigenvalue weighted by atomic mass is 9.73. The highest BCUT2D eigenvalue weighted by Crippen LogP contribution is 2.52. The third kappa shape index (κ3) is 5.88. The Hall–Kier alpha value is -1.80. The van der Waals surface area contributed by atoms with Crippen molar-refractivity contribution in [3.05, 3.63) is 34.9 Å². The quantitative estimate of drug-likeness (QED) is 0.615. The fourth-order valence-electron chi connectivity index (χ4n) is 4.05. The molecule has 3 N–H and O–H groups in total. The molecule has 0 amide bonds. The van der Waals surface area contributed by atoms with Gasteiger partial charge in [0, 0.05) is 16.8 Å². The predicted octanol–water partition coefficient (Wildman–Crippen LogP) is 3.07. The number of benzene rings is 1. The molecule has 3 rings (SSSR count). The normalized spacial score (nSPS) is 20.8. The third-order valence-corrected chi connectivity index (χ3v) is 6.80. The molecular formula is C20H26F3N3O3S. The highest BCUT2D eigenvalue weighted by atomic mass is 32.2. The van der Waals surface area contributed by atoms with Crippen molar-refractivity contribution in [2.75, 3.05) is 18.8 Å². The standard InChI is InChI=1S/C18H25N3OS.C2HF3O2/c1-13(2)12-23(22)21-17-16-14(4-3-5-15(16)11-19)10-18(17)6-8-20-9-7-18;3-2(4,5)1(6)7/h3-5,13,17,20-21H,6-10,12H2,1-2H3;(H,6,7)/t17-,23?;/m1./s1. The number of carboxylic acids is 1. The smallest absolute Gasteiger partial charge is 0.490 e. The van der Waals surface area contributed by atoms with Gasteiger partial charge in [-0.1, -0.05) is 26.0 Å². The molecular weight excluding hydrogens is 419 g/mol. The summed E-state index contributed by atoms with van der Waals surface area (Å²) in [6.07, 6.45) is -1.98. The number of halogens is 3. The number of alkyl halides is 3. The van der Waals surface area contributed by atoms with Crippen LogP contribution in [0.2, 0.25) is 0 Å². The Morgan fingerprint density at radius 3 is 2.53 bits per heavy atom. The minimum Gasteiger partial charge on any atom is -0.598 e. The minimum atomic E-state index is -5.08. The zero-order valence-electron chi connectivity index (χ0n) is 16.9. The molecule has 1 aliphatic carbocycles. The number of nitrogens with one attached hydrogen (secondary N) is 2. The van der Waals surface area contributed by atoms with Crippen LogP contribution >= 0.6 is 0 Å². The van der Waals surface area contributed by atoms with Crippen LogP contribution in [0.5, 0.6) is 0 Å². The highest BCUT2D eigenvalue weighted by molar-refractivity contribution is 7.89. The summed E-state index contributed by atoms with van der Waals surface area (Å²) in [7, 11) is 0. The molecule has 10 heteroatoms. The van der Waals surface area contributed by atoms with E-state index in [0.717, 1.165) is 43.5 Å². The SMILES string of the molecule is CC(C)C[S+]([O-])N[C@@H]1c2c(C#N)cccc2CC12CCNCC2.O=C(O)C(F)(F)F. The number of piperidine rings is 1. The maximum atomic E-state index is 12.5. The second-order valence-electron chi connectivity index (χ2n) is 8.04. The van der Waals surface area contributed by atoms with Crippen LogP contribution in [0, 0.1) is 22.7 Å². The average Bonchev–Trinajstić information content (AvgIpc) is 2.94. The molecule has 1 heterocycles. The van der Waals surface area contributed by atoms with Gasteiger partial charge in [0.15, 0.2) is 0 Å². The molecule has 1 aliphatic heterocycles. The maximum Gasteiger partial charge on any atom is 0.490 e. The molecule has 2 atom stereocenters. The molecule has 0 radical (unpaired) electrons. The molecule has 1 unspecified atom stereocenters. The fourth-order valence-corrected chi connectivity index (χ4v) is 5.38. The van der Waals surface area contributed by atoms with Crippen LogP contribution in [0.4, 0.5) is 13.2 Å². The van der Waals surface area contributed by atoms with Gasteiger partial charge in [0.2, 0.25) is 0 Å². The van der Waals surface area contributed by atoms with Crippen molar-refractivity contribution in [3.63, 3.8) is 0 Å². The molecule has 1 saturated heterocycles. The first kappa shape index (κ1) is 24.5. The van der Waals surface area contributed by atoms with Crippen molar-refractivity contribution < 1.29 is 27.6 Å². The number of hydrogen-bond acceptors (Lipinski definition) is 5. The van der Waals surface area contributed by atoms with Crippen LogP contribution in [0.25, 0.3) is 0 Å². The van der Waals surface area contributed by atoms with Gasteiger partial charge in [-0.15, -0.1) is 4.72 Å². The summed E-state index contributed by atoms with van der Waals surface area (Å²) < 4.78 is 47.7. The van der Waals surface area contributed by atoms with E-state index >= 15 is 0 Å². The monoisotopic (exact) mass is 445 g/mol. The largest absolute Gasteiger partial charge is 0.598 e. The first-order valence-electron chi connectivity index (χ1n) is 9.67. The number of aliphatic carboxylic acids is 1. The summed E-state index contributed by atoms with van der Waals surface area (Å²) in [6.45, 7) is 6.15. The number of carboxylic acid groups (broad SMARTS) is 1. The summed E-state index contributed by atoms with van der Waals surface area (Å²) in [6, 6.07) is 8.35. The Morgan fingerprint density at radius 1 is 1.43 bits per heavy atom. The second kappa shape index (κ2) is 10.0. The van der Waals surface area contributed by atoms with E-state index in [0.29, 0.717) is 11.7 Å². The van der Waals surface area contributed by atoms with Gasteiger partial charge in [-0.2, -0.15) is 18.4 Å². The molecule has 1 aromatic rings. The van der Waals surface area contributed by atoms with E-state index in [1.54, 1.807) is 0 Å². The molecule has 1 aromatic carbocycles. The lowest BCUT2D eigenvalue weighted by molar-refractivity contribution is -0.192. The summed E-state index contributed by atoms with van der Waals surface area (Å²) in [5.74, 6) is -1.72. The Balaban J connectivity index is 0.000000396. The summed E-state index contributed by atoms with van der Waals surface area (Å²) in [5.41, 5.74) is 3.17. The number of carbonyl (C=O) groups is 1. The lowest BCUT2D eigenvalue weighted by Crippen LogP contribution is -2.46. The van der Waals surface area contributed by atoms with Gasteiger partial charge in [-0.3, -0.25) is 0 Å². The highest BCUT2D eigenvalue weighted by Gasteiger charge is 2.49. The van der Waals surface area contributed by atoms with Crippen LogP contribution in [0.3, 0.4) is 0 Å². The van der Waals surface area contributed by atoms with Gasteiger partial charge >= 0.3 is 12.1 Å². The lowest BCUT2D eigenvalue weighted by Gasteiger charge is -2.39. The number of fused-ring (bicyclic) bond motifs is 1. The molecule has 1 fully saturated rings. The van der Waals surface area contributed by atoms with E-state index in [4.69, 9.17) is 9.90 Å². The van der Waals surface area contributed by atoms with Crippen molar-refractivity contribution in [2.45, 2.75) is 45.3 Å². The summed E-state index contributed by atoms with van der Waals surface area (Å²) in [5, 5.41) is 20.1. The Morgan fingerprint density at radius 2 is 2.03 bits per heavy atom. The zero-order chi connectivity index (χ0) is 22.5. The van der Waals surface area contributed by atoms with Crippen molar-refractivity contribution >= 4 is 17.3 Å². The van der Waals surface area contributed by atoms with E-state index < -0.39 is 23.5 Å². The van der Waals surface area contributed by atoms with Crippen LogP contribution in [-0.2, 0) is 22.6 Å². The molecule has 166 valence electrons. The van der Waals surface area contributed by atoms with Crippen LogP contribution in [-0.4, -0.2) is 40.6 Å². The molecule has 0 saturated carbocycles. The fraction of sp³-hybridized carbons (Fsp3) is 0.600. The number of nitriles is 1. The molecule has 6 nitrogen and oxygen atoms in total. The van der Waals surface area contributed by atoms with Gasteiger partial charge in [0.25, 0.3) is 0 Å². The molecule has 1 spiro atoms. The average molecular weight is 446 g/mol. The molecule has 0 bridgehead atoms. The molecule has 2 aliphatic rings. The van der Waals surface area contributed by atoms with E-state index in [2.05, 4.69) is 36.0 Å². The van der Waals surface area contributed by atoms with Gasteiger partial charge < -0.3 is 15.0 Å². The van der Waals surface area contributed by atoms with E-state index in [-0.39, 0.29) is 11.5 Å². The number of hydrogen-bond donors (Lipinski definition) is 3. The van der Waals surface area contributed by atoms with E-state index in [1.165, 1.54) is 5.56 Å². The topological polar surface area (TPSA) is 108 Å². The molecule has 0 aromatic heterocycles. The Labute approximate surface area is 177 Å². The predicted molar refractivity (Wildman–Crippen MR) is 107 cm³/mol. The third-order valence-electron chi connectivity index (χ3n) is 5.34. The first-order valence-corrected chi connectivity index (χ1v) is 11.0. The maximum absolute atomic E-state index is 12.5. The van der Waals surface area contributed by atoms with Gasteiger partial charge in [0.1, 0.15) is 5.75 Å². The van der Waals surface area contributed by atoms with Crippen molar-refractivity contribution in [1.82, 2.24) is 10.0 Å². The number of nitrogens with zero attached hydrogens (tertiary/aromatic N) is 1. The van der Waals surface area contributed by atoms with Crippen LogP contribution in [0.15, 0.2) is 18.2 Å². The second-order valence-corrected chi connectivity index (χ2v) is 9.30. The summed E-state index contributed by atoms with van der Waals surface area (Å²) in [4.78, 5) is 8.90. The summed E-state index contributed by atoms with van der Waals surface area (Å²) >= 11 is -1.07. The Kier molecular flexibility index (Phi) is 8.16. The first-order chi connectivity index (χ1) is 14.0. The van der Waals surface area contributed by atoms with Gasteiger partial charge in [-0.25, -0.2) is 4.79 Å². The van der Waals surface area contributed by atoms with Crippen LogP contribution < -0.4 is 10.0 Å². The van der Waals surface area contributed by atoms with Crippen LogP contribution in [0.1, 0.15) is 49.4 Å². The van der Waals surface area contributed by atoms with Gasteiger partial charge in [0.05, 0.1) is 17.7 Å². The van der Waals surface area contributed by atoms with Crippen molar-refractivity contribution in [2.24, 2.45) is 11.3 Å². The minimum absolute atomic E-state index is 0.0232. The van der Waals surface area contributed by atoms with Gasteiger partial charge in [-0.05, 0) is 55.5 Å². The van der Waals surface area contributed by atoms with E-state index in [1.807, 2.05) is 12.1 Å². The number of rotatable bonds is 4. The van der Waals surface area contributed by atoms with Crippen molar-refractivity contribution in [3.8, 4) is 6.07 Å². The van der Waals surface area contributed by atoms with E-state index in [9.17, 15) is 23.0 Å². The Bertz CT molecular complexity index is 790.